The van der Waals surface area contributed by atoms with Gasteiger partial charge in [0.25, 0.3) is 0 Å². The first-order chi connectivity index (χ1) is 9.63. The molecule has 0 amide bonds. The summed E-state index contributed by atoms with van der Waals surface area (Å²) in [4.78, 5) is 0. The lowest BCUT2D eigenvalue weighted by molar-refractivity contribution is -0.249. The molecule has 0 saturated carbocycles. The lowest BCUT2D eigenvalue weighted by Gasteiger charge is -2.37. The van der Waals surface area contributed by atoms with Crippen molar-refractivity contribution in [1.82, 2.24) is 0 Å². The maximum atomic E-state index is 10.1. The number of aliphatic hydroxyl groups is 1. The zero-order valence-electron chi connectivity index (χ0n) is 12.1. The van der Waals surface area contributed by atoms with Gasteiger partial charge in [0.15, 0.2) is 6.29 Å². The molecular formula is C15H22O5. The molecule has 1 aliphatic rings. The molecule has 0 aliphatic carbocycles. The van der Waals surface area contributed by atoms with Crippen molar-refractivity contribution in [2.75, 3.05) is 14.2 Å². The van der Waals surface area contributed by atoms with E-state index in [9.17, 15) is 5.11 Å². The van der Waals surface area contributed by atoms with Crippen LogP contribution < -0.4 is 4.74 Å². The third kappa shape index (κ3) is 3.70. The number of hydrogen-bond donors (Lipinski definition) is 1. The standard InChI is InChI=1S/C15H22O5/c1-10-15(13(16)8-14(18-3)20-10)19-9-11-4-6-12(17-2)7-5-11/h4-7,10,13-16H,8-9H2,1-3H3/t10-,13+,14+,15-/m0/s1. The number of ether oxygens (including phenoxy) is 4. The minimum absolute atomic E-state index is 0.207. The smallest absolute Gasteiger partial charge is 0.160 e. The highest BCUT2D eigenvalue weighted by Gasteiger charge is 2.36. The summed E-state index contributed by atoms with van der Waals surface area (Å²) in [6.45, 7) is 2.31. The van der Waals surface area contributed by atoms with Crippen LogP contribution in [0.5, 0.6) is 5.75 Å². The van der Waals surface area contributed by atoms with E-state index in [4.69, 9.17) is 18.9 Å². The van der Waals surface area contributed by atoms with Gasteiger partial charge in [-0.2, -0.15) is 0 Å². The Morgan fingerprint density at radius 1 is 1.25 bits per heavy atom. The Balaban J connectivity index is 1.89. The van der Waals surface area contributed by atoms with Gasteiger partial charge in [-0.25, -0.2) is 0 Å². The highest BCUT2D eigenvalue weighted by molar-refractivity contribution is 5.26. The van der Waals surface area contributed by atoms with Gasteiger partial charge in [0.2, 0.25) is 0 Å². The van der Waals surface area contributed by atoms with E-state index in [2.05, 4.69) is 0 Å². The molecule has 1 aromatic rings. The first-order valence-electron chi connectivity index (χ1n) is 6.75. The molecule has 1 N–H and O–H groups in total. The van der Waals surface area contributed by atoms with Crippen LogP contribution in [0.3, 0.4) is 0 Å². The fraction of sp³-hybridized carbons (Fsp3) is 0.600. The van der Waals surface area contributed by atoms with Crippen LogP contribution in [0.1, 0.15) is 18.9 Å². The Bertz CT molecular complexity index is 393. The Hall–Kier alpha value is -1.14. The Morgan fingerprint density at radius 3 is 2.50 bits per heavy atom. The van der Waals surface area contributed by atoms with Gasteiger partial charge in [0.1, 0.15) is 11.9 Å². The van der Waals surface area contributed by atoms with Gasteiger partial charge >= 0.3 is 0 Å². The van der Waals surface area contributed by atoms with Crippen molar-refractivity contribution in [3.63, 3.8) is 0 Å². The van der Waals surface area contributed by atoms with Crippen LogP contribution in [0.15, 0.2) is 24.3 Å². The zero-order valence-corrected chi connectivity index (χ0v) is 12.1. The predicted molar refractivity (Wildman–Crippen MR) is 73.5 cm³/mol. The third-order valence-electron chi connectivity index (χ3n) is 3.51. The van der Waals surface area contributed by atoms with E-state index in [0.29, 0.717) is 13.0 Å². The van der Waals surface area contributed by atoms with E-state index in [1.165, 1.54) is 0 Å². The maximum absolute atomic E-state index is 10.1. The quantitative estimate of drug-likeness (QED) is 0.891. The van der Waals surface area contributed by atoms with Crippen LogP contribution in [0.2, 0.25) is 0 Å². The minimum atomic E-state index is -0.582. The normalized spacial score (nSPS) is 30.2. The number of benzene rings is 1. The molecule has 1 heterocycles. The lowest BCUT2D eigenvalue weighted by atomic mass is 10.0. The van der Waals surface area contributed by atoms with Crippen LogP contribution in [-0.2, 0) is 20.8 Å². The molecule has 2 rings (SSSR count). The topological polar surface area (TPSA) is 57.2 Å². The molecule has 0 radical (unpaired) electrons. The highest BCUT2D eigenvalue weighted by atomic mass is 16.7. The molecule has 1 fully saturated rings. The Kier molecular flexibility index (Phi) is 5.37. The molecular weight excluding hydrogens is 260 g/mol. The average molecular weight is 282 g/mol. The van der Waals surface area contributed by atoms with Crippen LogP contribution in [0.25, 0.3) is 0 Å². The second-order valence-corrected chi connectivity index (χ2v) is 4.93. The summed E-state index contributed by atoms with van der Waals surface area (Å²) in [5.41, 5.74) is 1.03. The summed E-state index contributed by atoms with van der Waals surface area (Å²) in [6, 6.07) is 7.66. The van der Waals surface area contributed by atoms with Crippen molar-refractivity contribution in [1.29, 1.82) is 0 Å². The summed E-state index contributed by atoms with van der Waals surface area (Å²) in [5, 5.41) is 10.1. The summed E-state index contributed by atoms with van der Waals surface area (Å²) in [7, 11) is 3.21. The first-order valence-corrected chi connectivity index (χ1v) is 6.75. The van der Waals surface area contributed by atoms with Crippen molar-refractivity contribution >= 4 is 0 Å². The van der Waals surface area contributed by atoms with Gasteiger partial charge in [0, 0.05) is 13.5 Å². The second kappa shape index (κ2) is 7.04. The van der Waals surface area contributed by atoms with Crippen molar-refractivity contribution in [2.45, 2.75) is 44.6 Å². The summed E-state index contributed by atoms with van der Waals surface area (Å²) in [6.07, 6.45) is -1.07. The van der Waals surface area contributed by atoms with E-state index in [0.717, 1.165) is 11.3 Å². The predicted octanol–water partition coefficient (Wildman–Crippen LogP) is 1.72. The fourth-order valence-electron chi connectivity index (χ4n) is 2.33. The fourth-order valence-corrected chi connectivity index (χ4v) is 2.33. The SMILES string of the molecule is COc1ccc(CO[C@@H]2[C@H](O)C[C@H](OC)O[C@H]2C)cc1. The van der Waals surface area contributed by atoms with Crippen molar-refractivity contribution in [3.05, 3.63) is 29.8 Å². The molecule has 112 valence electrons. The monoisotopic (exact) mass is 282 g/mol. The van der Waals surface area contributed by atoms with Crippen LogP contribution >= 0.6 is 0 Å². The van der Waals surface area contributed by atoms with E-state index in [-0.39, 0.29) is 18.5 Å². The molecule has 0 spiro atoms. The van der Waals surface area contributed by atoms with Crippen molar-refractivity contribution < 1.29 is 24.1 Å². The van der Waals surface area contributed by atoms with Gasteiger partial charge in [-0.15, -0.1) is 0 Å². The number of aliphatic hydroxyl groups excluding tert-OH is 1. The molecule has 20 heavy (non-hydrogen) atoms. The van der Waals surface area contributed by atoms with Crippen molar-refractivity contribution in [3.8, 4) is 5.75 Å². The molecule has 1 saturated heterocycles. The Labute approximate surface area is 119 Å². The zero-order chi connectivity index (χ0) is 14.5. The average Bonchev–Trinajstić information content (AvgIpc) is 2.46. The van der Waals surface area contributed by atoms with E-state index in [1.807, 2.05) is 31.2 Å². The lowest BCUT2D eigenvalue weighted by Crippen LogP contribution is -2.48. The minimum Gasteiger partial charge on any atom is -0.497 e. The second-order valence-electron chi connectivity index (χ2n) is 4.93. The van der Waals surface area contributed by atoms with Gasteiger partial charge in [-0.3, -0.25) is 0 Å². The first kappa shape index (κ1) is 15.3. The highest BCUT2D eigenvalue weighted by Crippen LogP contribution is 2.24. The molecule has 1 aromatic carbocycles. The van der Waals surface area contributed by atoms with Gasteiger partial charge < -0.3 is 24.1 Å². The molecule has 5 heteroatoms. The van der Waals surface area contributed by atoms with Gasteiger partial charge in [-0.05, 0) is 24.6 Å². The molecule has 1 aliphatic heterocycles. The molecule has 5 nitrogen and oxygen atoms in total. The number of methoxy groups -OCH3 is 2. The van der Waals surface area contributed by atoms with Gasteiger partial charge in [0.05, 0.1) is 25.9 Å². The van der Waals surface area contributed by atoms with E-state index < -0.39 is 6.10 Å². The number of rotatable bonds is 5. The molecule has 0 unspecified atom stereocenters. The summed E-state index contributed by atoms with van der Waals surface area (Å²) >= 11 is 0. The van der Waals surface area contributed by atoms with E-state index in [1.54, 1.807) is 14.2 Å². The Morgan fingerprint density at radius 2 is 1.95 bits per heavy atom. The summed E-state index contributed by atoms with van der Waals surface area (Å²) < 4.78 is 21.6. The van der Waals surface area contributed by atoms with Crippen LogP contribution in [0.4, 0.5) is 0 Å². The number of hydrogen-bond acceptors (Lipinski definition) is 5. The maximum Gasteiger partial charge on any atom is 0.160 e. The molecule has 0 aromatic heterocycles. The summed E-state index contributed by atoms with van der Waals surface area (Å²) in [5.74, 6) is 0.811. The van der Waals surface area contributed by atoms with Crippen molar-refractivity contribution in [2.24, 2.45) is 0 Å². The molecule has 4 atom stereocenters. The van der Waals surface area contributed by atoms with Crippen LogP contribution in [-0.4, -0.2) is 43.9 Å². The molecule has 0 bridgehead atoms. The largest absolute Gasteiger partial charge is 0.497 e. The van der Waals surface area contributed by atoms with Crippen LogP contribution in [0, 0.1) is 0 Å². The third-order valence-corrected chi connectivity index (χ3v) is 3.51. The van der Waals surface area contributed by atoms with Gasteiger partial charge in [-0.1, -0.05) is 12.1 Å². The van der Waals surface area contributed by atoms with E-state index >= 15 is 0 Å².